The van der Waals surface area contributed by atoms with Crippen LogP contribution in [0, 0.1) is 22.2 Å². The van der Waals surface area contributed by atoms with Crippen molar-refractivity contribution in [1.29, 1.82) is 0 Å². The van der Waals surface area contributed by atoms with Crippen molar-refractivity contribution in [3.05, 3.63) is 113 Å². The quantitative estimate of drug-likeness (QED) is 0.441. The van der Waals surface area contributed by atoms with Gasteiger partial charge in [0.1, 0.15) is 0 Å². The molecular formula is C32H28O2. The number of Topliss-reactive ketones (excluding diaryl/α,β-unsaturated/α-hetero) is 2. The van der Waals surface area contributed by atoms with Crippen LogP contribution in [0.5, 0.6) is 0 Å². The normalized spacial score (nSPS) is 32.1. The summed E-state index contributed by atoms with van der Waals surface area (Å²) in [5, 5.41) is 0. The molecule has 0 radical (unpaired) electrons. The first-order valence-corrected chi connectivity index (χ1v) is 12.0. The number of carbonyl (C=O) groups is 2. The summed E-state index contributed by atoms with van der Waals surface area (Å²) in [4.78, 5) is 28.8. The van der Waals surface area contributed by atoms with E-state index in [0.717, 1.165) is 39.0 Å². The number of benzene rings is 3. The van der Waals surface area contributed by atoms with Crippen LogP contribution in [0.3, 0.4) is 0 Å². The average Bonchev–Trinajstić information content (AvgIpc) is 3.26. The van der Waals surface area contributed by atoms with Gasteiger partial charge in [-0.2, -0.15) is 0 Å². The molecule has 168 valence electrons. The van der Waals surface area contributed by atoms with Gasteiger partial charge >= 0.3 is 0 Å². The van der Waals surface area contributed by atoms with Gasteiger partial charge in [-0.3, -0.25) is 9.59 Å². The van der Waals surface area contributed by atoms with Crippen molar-refractivity contribution < 1.29 is 9.59 Å². The van der Waals surface area contributed by atoms with Crippen LogP contribution in [0.25, 0.3) is 16.7 Å². The van der Waals surface area contributed by atoms with Crippen LogP contribution >= 0.6 is 0 Å². The highest BCUT2D eigenvalue weighted by molar-refractivity contribution is 6.30. The molecule has 2 nitrogen and oxygen atoms in total. The highest BCUT2D eigenvalue weighted by atomic mass is 16.1. The van der Waals surface area contributed by atoms with Crippen molar-refractivity contribution in [2.45, 2.75) is 27.7 Å². The molecule has 3 aromatic rings. The van der Waals surface area contributed by atoms with Gasteiger partial charge in [0.05, 0.1) is 16.2 Å². The largest absolute Gasteiger partial charge is 0.298 e. The Morgan fingerprint density at radius 3 is 1.56 bits per heavy atom. The van der Waals surface area contributed by atoms with Crippen LogP contribution in [0.15, 0.2) is 96.6 Å². The highest BCUT2D eigenvalue weighted by Gasteiger charge is 2.81. The van der Waals surface area contributed by atoms with Gasteiger partial charge in [-0.15, -0.1) is 0 Å². The topological polar surface area (TPSA) is 34.1 Å². The van der Waals surface area contributed by atoms with E-state index in [0.29, 0.717) is 0 Å². The molecule has 3 aliphatic carbocycles. The van der Waals surface area contributed by atoms with Crippen molar-refractivity contribution in [1.82, 2.24) is 0 Å². The molecule has 0 saturated heterocycles. The molecule has 34 heavy (non-hydrogen) atoms. The summed E-state index contributed by atoms with van der Waals surface area (Å²) in [5.41, 5.74) is 4.48. The fourth-order valence-corrected chi connectivity index (χ4v) is 7.64. The first-order chi connectivity index (χ1) is 16.3. The minimum absolute atomic E-state index is 0.108. The molecule has 2 heteroatoms. The van der Waals surface area contributed by atoms with Gasteiger partial charge in [-0.1, -0.05) is 97.9 Å². The predicted octanol–water partition coefficient (Wildman–Crippen LogP) is 6.89. The summed E-state index contributed by atoms with van der Waals surface area (Å²) in [7, 11) is 0. The molecule has 0 aliphatic heterocycles. The maximum Gasteiger partial charge on any atom is 0.166 e. The first kappa shape index (κ1) is 21.0. The summed E-state index contributed by atoms with van der Waals surface area (Å²) >= 11 is 0. The van der Waals surface area contributed by atoms with Crippen LogP contribution in [-0.2, 0) is 9.59 Å². The number of ketones is 2. The lowest BCUT2D eigenvalue weighted by atomic mass is 9.53. The molecule has 0 spiro atoms. The monoisotopic (exact) mass is 444 g/mol. The SMILES string of the molecule is CC1=C(c2ccccc2)C2C3(C)C(=O)C(C)(C(c4ccccc4)=C3c3ccccc3)C2(C)C1=O. The molecular weight excluding hydrogens is 416 g/mol. The van der Waals surface area contributed by atoms with Crippen LogP contribution < -0.4 is 0 Å². The third-order valence-corrected chi connectivity index (χ3v) is 9.10. The highest BCUT2D eigenvalue weighted by Crippen LogP contribution is 2.80. The Morgan fingerprint density at radius 1 is 0.618 bits per heavy atom. The number of hydrogen-bond donors (Lipinski definition) is 0. The van der Waals surface area contributed by atoms with Gasteiger partial charge in [-0.05, 0) is 59.8 Å². The van der Waals surface area contributed by atoms with Gasteiger partial charge in [0.25, 0.3) is 0 Å². The number of hydrogen-bond acceptors (Lipinski definition) is 2. The summed E-state index contributed by atoms with van der Waals surface area (Å²) in [5.74, 6) is 0.0611. The molecule has 6 rings (SSSR count). The Balaban J connectivity index is 1.74. The standard InChI is InChI=1S/C32H28O2/c1-20-24(21-14-8-5-9-15-21)27-30(2)25(22-16-10-6-11-17-22)26(23-18-12-7-13-19-23)31(3,29(30)34)32(27,4)28(20)33/h5-19,27H,1-4H3. The Hall–Kier alpha value is -3.52. The summed E-state index contributed by atoms with van der Waals surface area (Å²) in [6, 6.07) is 30.6. The molecule has 4 unspecified atom stereocenters. The zero-order valence-electron chi connectivity index (χ0n) is 20.1. The second-order valence-electron chi connectivity index (χ2n) is 10.5. The second-order valence-corrected chi connectivity index (χ2v) is 10.5. The van der Waals surface area contributed by atoms with Crippen molar-refractivity contribution in [2.75, 3.05) is 0 Å². The van der Waals surface area contributed by atoms with Crippen LogP contribution in [0.2, 0.25) is 0 Å². The van der Waals surface area contributed by atoms with Crippen LogP contribution in [0.4, 0.5) is 0 Å². The van der Waals surface area contributed by atoms with E-state index in [9.17, 15) is 9.59 Å². The van der Waals surface area contributed by atoms with Crippen molar-refractivity contribution in [3.63, 3.8) is 0 Å². The van der Waals surface area contributed by atoms with E-state index in [2.05, 4.69) is 43.3 Å². The zero-order valence-corrected chi connectivity index (χ0v) is 20.1. The van der Waals surface area contributed by atoms with Crippen molar-refractivity contribution in [3.8, 4) is 0 Å². The maximum atomic E-state index is 14.6. The number of allylic oxidation sites excluding steroid dienone is 4. The lowest BCUT2D eigenvalue weighted by molar-refractivity contribution is -0.134. The molecule has 0 aromatic heterocycles. The molecule has 3 aliphatic rings. The fourth-order valence-electron chi connectivity index (χ4n) is 7.64. The molecule has 3 aromatic carbocycles. The molecule has 0 N–H and O–H groups in total. The number of rotatable bonds is 3. The van der Waals surface area contributed by atoms with Gasteiger partial charge < -0.3 is 0 Å². The second kappa shape index (κ2) is 6.76. The minimum atomic E-state index is -0.923. The number of carbonyl (C=O) groups excluding carboxylic acids is 2. The minimum Gasteiger partial charge on any atom is -0.298 e. The van der Waals surface area contributed by atoms with Crippen LogP contribution in [0.1, 0.15) is 44.4 Å². The van der Waals surface area contributed by atoms with Crippen LogP contribution in [-0.4, -0.2) is 11.6 Å². The molecule has 1 saturated carbocycles. The summed E-state index contributed by atoms with van der Waals surface area (Å²) in [6.45, 7) is 8.13. The summed E-state index contributed by atoms with van der Waals surface area (Å²) < 4.78 is 0. The lowest BCUT2D eigenvalue weighted by Crippen LogP contribution is -2.46. The molecule has 1 fully saturated rings. The molecule has 4 atom stereocenters. The first-order valence-electron chi connectivity index (χ1n) is 12.0. The van der Waals surface area contributed by atoms with Gasteiger partial charge in [0.15, 0.2) is 11.6 Å². The Labute approximate surface area is 201 Å². The van der Waals surface area contributed by atoms with E-state index in [-0.39, 0.29) is 17.5 Å². The van der Waals surface area contributed by atoms with E-state index in [4.69, 9.17) is 0 Å². The van der Waals surface area contributed by atoms with Gasteiger partial charge in [0, 0.05) is 5.92 Å². The predicted molar refractivity (Wildman–Crippen MR) is 137 cm³/mol. The van der Waals surface area contributed by atoms with E-state index < -0.39 is 16.2 Å². The molecule has 0 heterocycles. The number of fused-ring (bicyclic) bond motifs is 5. The van der Waals surface area contributed by atoms with E-state index in [1.165, 1.54) is 0 Å². The third kappa shape index (κ3) is 2.17. The average molecular weight is 445 g/mol. The van der Waals surface area contributed by atoms with Crippen molar-refractivity contribution >= 4 is 28.3 Å². The Bertz CT molecular complexity index is 1410. The van der Waals surface area contributed by atoms with Crippen molar-refractivity contribution in [2.24, 2.45) is 22.2 Å². The van der Waals surface area contributed by atoms with Gasteiger partial charge in [0.2, 0.25) is 0 Å². The van der Waals surface area contributed by atoms with Gasteiger partial charge in [-0.25, -0.2) is 0 Å². The lowest BCUT2D eigenvalue weighted by Gasteiger charge is -2.46. The van der Waals surface area contributed by atoms with E-state index in [1.54, 1.807) is 0 Å². The Morgan fingerprint density at radius 2 is 1.06 bits per heavy atom. The zero-order chi connectivity index (χ0) is 23.9. The fraction of sp³-hybridized carbons (Fsp3) is 0.250. The van der Waals surface area contributed by atoms with E-state index in [1.807, 2.05) is 75.4 Å². The smallest absolute Gasteiger partial charge is 0.166 e. The Kier molecular flexibility index (Phi) is 4.18. The summed E-state index contributed by atoms with van der Waals surface area (Å²) in [6.07, 6.45) is 0. The molecule has 0 amide bonds. The third-order valence-electron chi connectivity index (χ3n) is 9.10. The molecule has 2 bridgehead atoms. The van der Waals surface area contributed by atoms with E-state index >= 15 is 0 Å². The maximum absolute atomic E-state index is 14.6.